The van der Waals surface area contributed by atoms with Crippen molar-refractivity contribution in [2.75, 3.05) is 20.4 Å². The molecule has 0 aromatic heterocycles. The number of ether oxygens (including phenoxy) is 2. The molecule has 23 heavy (non-hydrogen) atoms. The van der Waals surface area contributed by atoms with E-state index in [1.54, 1.807) is 11.9 Å². The number of nitrogens with zero attached hydrogens (tertiary/aromatic N) is 1. The lowest BCUT2D eigenvalue weighted by Gasteiger charge is -2.19. The van der Waals surface area contributed by atoms with Gasteiger partial charge >= 0.3 is 0 Å². The van der Waals surface area contributed by atoms with Gasteiger partial charge in [-0.15, -0.1) is 0 Å². The van der Waals surface area contributed by atoms with E-state index in [1.165, 1.54) is 0 Å². The predicted octanol–water partition coefficient (Wildman–Crippen LogP) is 0.473. The summed E-state index contributed by atoms with van der Waals surface area (Å²) in [4.78, 5) is 25.4. The molecule has 0 unspecified atom stereocenters. The Hall–Kier alpha value is -2.28. The van der Waals surface area contributed by atoms with Gasteiger partial charge in [-0.05, 0) is 23.6 Å². The number of hydrogen-bond acceptors (Lipinski definition) is 5. The number of benzene rings is 1. The van der Waals surface area contributed by atoms with Crippen LogP contribution in [-0.2, 0) is 16.1 Å². The SMILES string of the molecule is CC(C)[C@H](N)C(=O)NCC(=O)N(C)Cc1ccc2c(c1)OCO2. The van der Waals surface area contributed by atoms with E-state index in [2.05, 4.69) is 5.32 Å². The minimum atomic E-state index is -0.609. The van der Waals surface area contributed by atoms with Crippen LogP contribution in [-0.4, -0.2) is 43.1 Å². The standard InChI is InChI=1S/C16H23N3O4/c1-10(2)15(17)16(21)18-7-14(20)19(3)8-11-4-5-12-13(6-11)23-9-22-12/h4-6,10,15H,7-9,17H2,1-3H3,(H,18,21)/t15-/m0/s1. The summed E-state index contributed by atoms with van der Waals surface area (Å²) in [6.45, 7) is 4.28. The fourth-order valence-corrected chi connectivity index (χ4v) is 2.12. The van der Waals surface area contributed by atoms with Crippen molar-refractivity contribution >= 4 is 11.8 Å². The second-order valence-electron chi connectivity index (χ2n) is 5.93. The van der Waals surface area contributed by atoms with E-state index in [1.807, 2.05) is 32.0 Å². The highest BCUT2D eigenvalue weighted by Crippen LogP contribution is 2.32. The molecule has 1 aliphatic heterocycles. The summed E-state index contributed by atoms with van der Waals surface area (Å²) >= 11 is 0. The number of nitrogens with one attached hydrogen (secondary N) is 1. The van der Waals surface area contributed by atoms with Gasteiger partial charge in [0.15, 0.2) is 11.5 Å². The van der Waals surface area contributed by atoms with Crippen LogP contribution in [0.15, 0.2) is 18.2 Å². The summed E-state index contributed by atoms with van der Waals surface area (Å²) in [5.41, 5.74) is 6.66. The first kappa shape index (κ1) is 17.1. The molecule has 0 radical (unpaired) electrons. The van der Waals surface area contributed by atoms with Crippen LogP contribution in [0.5, 0.6) is 11.5 Å². The molecule has 1 aromatic rings. The molecule has 2 rings (SSSR count). The van der Waals surface area contributed by atoms with Crippen LogP contribution in [0.25, 0.3) is 0 Å². The molecule has 126 valence electrons. The van der Waals surface area contributed by atoms with Crippen molar-refractivity contribution in [3.05, 3.63) is 23.8 Å². The van der Waals surface area contributed by atoms with Gasteiger partial charge < -0.3 is 25.4 Å². The Bertz CT molecular complexity index is 589. The molecule has 0 aliphatic carbocycles. The van der Waals surface area contributed by atoms with Crippen LogP contribution in [0.4, 0.5) is 0 Å². The van der Waals surface area contributed by atoms with Crippen molar-refractivity contribution in [1.82, 2.24) is 10.2 Å². The number of carbonyl (C=O) groups is 2. The fourth-order valence-electron chi connectivity index (χ4n) is 2.12. The lowest BCUT2D eigenvalue weighted by atomic mass is 10.1. The number of nitrogens with two attached hydrogens (primary N) is 1. The van der Waals surface area contributed by atoms with Crippen LogP contribution in [0.2, 0.25) is 0 Å². The van der Waals surface area contributed by atoms with Crippen LogP contribution < -0.4 is 20.5 Å². The number of fused-ring (bicyclic) bond motifs is 1. The van der Waals surface area contributed by atoms with Crippen LogP contribution in [0.1, 0.15) is 19.4 Å². The molecule has 0 fully saturated rings. The normalized spacial score (nSPS) is 13.8. The summed E-state index contributed by atoms with van der Waals surface area (Å²) in [5, 5.41) is 2.57. The number of hydrogen-bond donors (Lipinski definition) is 2. The summed E-state index contributed by atoms with van der Waals surface area (Å²) in [5.74, 6) is 0.908. The molecule has 1 heterocycles. The lowest BCUT2D eigenvalue weighted by Crippen LogP contribution is -2.47. The first-order valence-electron chi connectivity index (χ1n) is 7.54. The molecule has 0 spiro atoms. The molecule has 0 saturated heterocycles. The number of carbonyl (C=O) groups excluding carboxylic acids is 2. The molecular formula is C16H23N3O4. The van der Waals surface area contributed by atoms with Crippen molar-refractivity contribution in [3.63, 3.8) is 0 Å². The Labute approximate surface area is 135 Å². The average molecular weight is 321 g/mol. The number of amides is 2. The minimum Gasteiger partial charge on any atom is -0.454 e. The summed E-state index contributed by atoms with van der Waals surface area (Å²) in [7, 11) is 1.68. The third-order valence-electron chi connectivity index (χ3n) is 3.72. The van der Waals surface area contributed by atoms with E-state index in [9.17, 15) is 9.59 Å². The van der Waals surface area contributed by atoms with Crippen molar-refractivity contribution in [3.8, 4) is 11.5 Å². The molecule has 1 aromatic carbocycles. The van der Waals surface area contributed by atoms with Gasteiger partial charge in [-0.2, -0.15) is 0 Å². The largest absolute Gasteiger partial charge is 0.454 e. The highest BCUT2D eigenvalue weighted by Gasteiger charge is 2.19. The van der Waals surface area contributed by atoms with Gasteiger partial charge in [-0.1, -0.05) is 19.9 Å². The Balaban J connectivity index is 1.84. The fraction of sp³-hybridized carbons (Fsp3) is 0.500. The third-order valence-corrected chi connectivity index (χ3v) is 3.72. The average Bonchev–Trinajstić information content (AvgIpc) is 2.98. The molecule has 1 aliphatic rings. The van der Waals surface area contributed by atoms with Crippen LogP contribution >= 0.6 is 0 Å². The Morgan fingerprint density at radius 3 is 2.70 bits per heavy atom. The molecule has 0 saturated carbocycles. The van der Waals surface area contributed by atoms with Crippen LogP contribution in [0, 0.1) is 5.92 Å². The van der Waals surface area contributed by atoms with E-state index in [-0.39, 0.29) is 31.1 Å². The monoisotopic (exact) mass is 321 g/mol. The maximum absolute atomic E-state index is 12.1. The summed E-state index contributed by atoms with van der Waals surface area (Å²) < 4.78 is 10.6. The van der Waals surface area contributed by atoms with E-state index in [4.69, 9.17) is 15.2 Å². The zero-order chi connectivity index (χ0) is 17.0. The zero-order valence-electron chi connectivity index (χ0n) is 13.7. The molecule has 7 heteroatoms. The van der Waals surface area contributed by atoms with Gasteiger partial charge in [0.25, 0.3) is 0 Å². The molecule has 7 nitrogen and oxygen atoms in total. The number of rotatable bonds is 6. The van der Waals surface area contributed by atoms with E-state index in [0.717, 1.165) is 5.56 Å². The molecule has 1 atom stereocenters. The van der Waals surface area contributed by atoms with E-state index < -0.39 is 6.04 Å². The predicted molar refractivity (Wildman–Crippen MR) is 84.9 cm³/mol. The maximum atomic E-state index is 12.1. The smallest absolute Gasteiger partial charge is 0.242 e. The van der Waals surface area contributed by atoms with Gasteiger partial charge in [-0.25, -0.2) is 0 Å². The topological polar surface area (TPSA) is 93.9 Å². The van der Waals surface area contributed by atoms with Gasteiger partial charge in [0.1, 0.15) is 0 Å². The first-order chi connectivity index (χ1) is 10.9. The van der Waals surface area contributed by atoms with Gasteiger partial charge in [0.05, 0.1) is 12.6 Å². The second kappa shape index (κ2) is 7.32. The summed E-state index contributed by atoms with van der Waals surface area (Å²) in [6.07, 6.45) is 0. The zero-order valence-corrected chi connectivity index (χ0v) is 13.7. The third kappa shape index (κ3) is 4.35. The Kier molecular flexibility index (Phi) is 5.44. The molecule has 2 amide bonds. The molecular weight excluding hydrogens is 298 g/mol. The Morgan fingerprint density at radius 1 is 1.30 bits per heavy atom. The van der Waals surface area contributed by atoms with Gasteiger partial charge in [0, 0.05) is 13.6 Å². The highest BCUT2D eigenvalue weighted by atomic mass is 16.7. The Morgan fingerprint density at radius 2 is 2.00 bits per heavy atom. The second-order valence-corrected chi connectivity index (χ2v) is 5.93. The molecule has 3 N–H and O–H groups in total. The minimum absolute atomic E-state index is 0.0245. The highest BCUT2D eigenvalue weighted by molar-refractivity contribution is 5.87. The van der Waals surface area contributed by atoms with Crippen LogP contribution in [0.3, 0.4) is 0 Å². The maximum Gasteiger partial charge on any atom is 0.242 e. The number of likely N-dealkylation sites (N-methyl/N-ethyl adjacent to an activating group) is 1. The summed E-state index contributed by atoms with van der Waals surface area (Å²) in [6, 6.07) is 4.94. The quantitative estimate of drug-likeness (QED) is 0.794. The van der Waals surface area contributed by atoms with Gasteiger partial charge in [-0.3, -0.25) is 9.59 Å². The van der Waals surface area contributed by atoms with E-state index >= 15 is 0 Å². The first-order valence-corrected chi connectivity index (χ1v) is 7.54. The van der Waals surface area contributed by atoms with Crippen molar-refractivity contribution in [2.45, 2.75) is 26.4 Å². The van der Waals surface area contributed by atoms with Gasteiger partial charge in [0.2, 0.25) is 18.6 Å². The van der Waals surface area contributed by atoms with E-state index in [0.29, 0.717) is 18.0 Å². The van der Waals surface area contributed by atoms with Crippen molar-refractivity contribution in [1.29, 1.82) is 0 Å². The van der Waals surface area contributed by atoms with Crippen molar-refractivity contribution in [2.24, 2.45) is 11.7 Å². The van der Waals surface area contributed by atoms with Crippen molar-refractivity contribution < 1.29 is 19.1 Å². The molecule has 0 bridgehead atoms. The lowest BCUT2D eigenvalue weighted by molar-refractivity contribution is -0.132.